The highest BCUT2D eigenvalue weighted by atomic mass is 35.5. The summed E-state index contributed by atoms with van der Waals surface area (Å²) in [7, 11) is 1.32. The zero-order valence-electron chi connectivity index (χ0n) is 17.3. The lowest BCUT2D eigenvalue weighted by atomic mass is 10.1. The number of esters is 1. The van der Waals surface area contributed by atoms with Gasteiger partial charge in [0.05, 0.1) is 18.2 Å². The molecule has 0 radical (unpaired) electrons. The molecule has 0 fully saturated rings. The Kier molecular flexibility index (Phi) is 6.21. The standard InChI is InChI=1S/C25H18Cl2O5/c1-14-21(31-13-17-7-8-18(26)12-20(17)27)10-9-19-23(28)22(32-24(14)19)11-15-3-5-16(6-4-15)25(29)30-2/h3-12H,13H2,1-2H3/b22-11-. The summed E-state index contributed by atoms with van der Waals surface area (Å²) in [6, 6.07) is 15.3. The molecule has 0 bridgehead atoms. The van der Waals surface area contributed by atoms with Crippen LogP contribution in [0.25, 0.3) is 6.08 Å². The van der Waals surface area contributed by atoms with Crippen molar-refractivity contribution in [2.45, 2.75) is 13.5 Å². The van der Waals surface area contributed by atoms with Crippen LogP contribution in [-0.2, 0) is 11.3 Å². The Morgan fingerprint density at radius 3 is 2.50 bits per heavy atom. The first-order chi connectivity index (χ1) is 15.4. The van der Waals surface area contributed by atoms with Crippen LogP contribution >= 0.6 is 23.2 Å². The van der Waals surface area contributed by atoms with Crippen LogP contribution in [0.5, 0.6) is 11.5 Å². The minimum Gasteiger partial charge on any atom is -0.488 e. The van der Waals surface area contributed by atoms with Crippen molar-refractivity contribution < 1.29 is 23.8 Å². The van der Waals surface area contributed by atoms with E-state index >= 15 is 0 Å². The zero-order chi connectivity index (χ0) is 22.8. The van der Waals surface area contributed by atoms with Crippen LogP contribution in [0.4, 0.5) is 0 Å². The molecule has 32 heavy (non-hydrogen) atoms. The minimum atomic E-state index is -0.423. The summed E-state index contributed by atoms with van der Waals surface area (Å²) in [5.41, 5.74) is 3.13. The van der Waals surface area contributed by atoms with E-state index in [1.165, 1.54) is 7.11 Å². The van der Waals surface area contributed by atoms with Gasteiger partial charge in [-0.1, -0.05) is 41.4 Å². The van der Waals surface area contributed by atoms with Crippen molar-refractivity contribution in [3.05, 3.63) is 98.2 Å². The van der Waals surface area contributed by atoms with Crippen molar-refractivity contribution >= 4 is 41.0 Å². The summed E-state index contributed by atoms with van der Waals surface area (Å²) in [5, 5.41) is 1.07. The predicted molar refractivity (Wildman–Crippen MR) is 123 cm³/mol. The van der Waals surface area contributed by atoms with E-state index < -0.39 is 5.97 Å². The number of methoxy groups -OCH3 is 1. The third kappa shape index (κ3) is 4.35. The Balaban J connectivity index is 1.54. The van der Waals surface area contributed by atoms with Crippen molar-refractivity contribution in [2.24, 2.45) is 0 Å². The third-order valence-electron chi connectivity index (χ3n) is 5.06. The number of hydrogen-bond acceptors (Lipinski definition) is 5. The van der Waals surface area contributed by atoms with Crippen LogP contribution in [-0.4, -0.2) is 18.9 Å². The molecule has 4 rings (SSSR count). The lowest BCUT2D eigenvalue weighted by molar-refractivity contribution is 0.0600. The second-order valence-electron chi connectivity index (χ2n) is 7.14. The number of benzene rings is 3. The van der Waals surface area contributed by atoms with E-state index in [4.69, 9.17) is 37.4 Å². The summed E-state index contributed by atoms with van der Waals surface area (Å²) in [6.07, 6.45) is 1.64. The quantitative estimate of drug-likeness (QED) is 0.325. The van der Waals surface area contributed by atoms with Gasteiger partial charge < -0.3 is 14.2 Å². The van der Waals surface area contributed by atoms with Crippen molar-refractivity contribution in [2.75, 3.05) is 7.11 Å². The predicted octanol–water partition coefficient (Wildman–Crippen LogP) is 6.28. The Morgan fingerprint density at radius 2 is 1.81 bits per heavy atom. The fraction of sp³-hybridized carbons (Fsp3) is 0.120. The van der Waals surface area contributed by atoms with Crippen molar-refractivity contribution in [1.82, 2.24) is 0 Å². The minimum absolute atomic E-state index is 0.201. The number of fused-ring (bicyclic) bond motifs is 1. The molecule has 162 valence electrons. The first kappa shape index (κ1) is 21.9. The van der Waals surface area contributed by atoms with E-state index in [0.29, 0.717) is 38.2 Å². The highest BCUT2D eigenvalue weighted by Gasteiger charge is 2.30. The van der Waals surface area contributed by atoms with E-state index in [0.717, 1.165) is 11.1 Å². The van der Waals surface area contributed by atoms with E-state index in [1.54, 1.807) is 60.7 Å². The van der Waals surface area contributed by atoms with Gasteiger partial charge in [-0.05, 0) is 55.0 Å². The first-order valence-corrected chi connectivity index (χ1v) is 10.5. The number of carbonyl (C=O) groups is 2. The smallest absolute Gasteiger partial charge is 0.337 e. The van der Waals surface area contributed by atoms with Gasteiger partial charge in [0.15, 0.2) is 5.76 Å². The van der Waals surface area contributed by atoms with Crippen LogP contribution < -0.4 is 9.47 Å². The van der Waals surface area contributed by atoms with Crippen LogP contribution in [0.3, 0.4) is 0 Å². The van der Waals surface area contributed by atoms with Gasteiger partial charge in [-0.25, -0.2) is 4.79 Å². The molecule has 0 aromatic heterocycles. The number of allylic oxidation sites excluding steroid dienone is 1. The molecule has 7 heteroatoms. The summed E-state index contributed by atoms with van der Waals surface area (Å²) in [6.45, 7) is 2.08. The molecule has 0 amide bonds. The summed E-state index contributed by atoms with van der Waals surface area (Å²) in [4.78, 5) is 24.4. The van der Waals surface area contributed by atoms with E-state index in [-0.39, 0.29) is 18.1 Å². The number of ether oxygens (including phenoxy) is 3. The number of carbonyl (C=O) groups excluding carboxylic acids is 2. The normalized spacial score (nSPS) is 13.6. The molecule has 3 aromatic carbocycles. The van der Waals surface area contributed by atoms with Gasteiger partial charge in [-0.15, -0.1) is 0 Å². The maximum atomic E-state index is 12.8. The molecule has 5 nitrogen and oxygen atoms in total. The highest BCUT2D eigenvalue weighted by Crippen LogP contribution is 2.39. The summed E-state index contributed by atoms with van der Waals surface area (Å²) in [5.74, 6) is 0.616. The van der Waals surface area contributed by atoms with Gasteiger partial charge >= 0.3 is 5.97 Å². The Morgan fingerprint density at radius 1 is 1.06 bits per heavy atom. The summed E-state index contributed by atoms with van der Waals surface area (Å²) < 4.78 is 16.5. The molecule has 0 aliphatic carbocycles. The molecule has 1 heterocycles. The number of rotatable bonds is 5. The molecule has 0 saturated heterocycles. The third-order valence-corrected chi connectivity index (χ3v) is 5.65. The van der Waals surface area contributed by atoms with Gasteiger partial charge in [-0.3, -0.25) is 4.79 Å². The van der Waals surface area contributed by atoms with E-state index in [2.05, 4.69) is 0 Å². The van der Waals surface area contributed by atoms with Crippen molar-refractivity contribution in [3.63, 3.8) is 0 Å². The molecule has 3 aromatic rings. The lowest BCUT2D eigenvalue weighted by Crippen LogP contribution is -2.01. The molecular weight excluding hydrogens is 451 g/mol. The monoisotopic (exact) mass is 468 g/mol. The Hall–Kier alpha value is -3.28. The molecule has 1 aliphatic rings. The maximum Gasteiger partial charge on any atom is 0.337 e. The molecule has 0 spiro atoms. The van der Waals surface area contributed by atoms with Gasteiger partial charge in [0, 0.05) is 21.2 Å². The average Bonchev–Trinajstić information content (AvgIpc) is 3.10. The van der Waals surface area contributed by atoms with Crippen LogP contribution in [0.15, 0.2) is 60.4 Å². The van der Waals surface area contributed by atoms with Gasteiger partial charge in [0.25, 0.3) is 0 Å². The Labute approximate surface area is 195 Å². The molecule has 0 atom stereocenters. The van der Waals surface area contributed by atoms with Crippen molar-refractivity contribution in [3.8, 4) is 11.5 Å². The van der Waals surface area contributed by atoms with Gasteiger partial charge in [-0.2, -0.15) is 0 Å². The molecule has 0 unspecified atom stereocenters. The summed E-state index contributed by atoms with van der Waals surface area (Å²) >= 11 is 12.2. The molecule has 0 saturated carbocycles. The number of halogens is 2. The second-order valence-corrected chi connectivity index (χ2v) is 7.99. The number of ketones is 1. The largest absolute Gasteiger partial charge is 0.488 e. The molecular formula is C25H18Cl2O5. The number of Topliss-reactive ketones (excluding diaryl/α,β-unsaturated/α-hetero) is 1. The van der Waals surface area contributed by atoms with Crippen molar-refractivity contribution in [1.29, 1.82) is 0 Å². The van der Waals surface area contributed by atoms with Gasteiger partial charge in [0.1, 0.15) is 18.1 Å². The average molecular weight is 469 g/mol. The van der Waals surface area contributed by atoms with Crippen LogP contribution in [0.1, 0.15) is 37.4 Å². The lowest BCUT2D eigenvalue weighted by Gasteiger charge is -2.12. The van der Waals surface area contributed by atoms with E-state index in [9.17, 15) is 9.59 Å². The highest BCUT2D eigenvalue weighted by molar-refractivity contribution is 6.35. The maximum absolute atomic E-state index is 12.8. The topological polar surface area (TPSA) is 61.8 Å². The SMILES string of the molecule is COC(=O)c1ccc(/C=C2\Oc3c(ccc(OCc4ccc(Cl)cc4Cl)c3C)C2=O)cc1. The molecule has 1 aliphatic heterocycles. The van der Waals surface area contributed by atoms with Crippen LogP contribution in [0.2, 0.25) is 10.0 Å². The number of hydrogen-bond donors (Lipinski definition) is 0. The van der Waals surface area contributed by atoms with Gasteiger partial charge in [0.2, 0.25) is 5.78 Å². The zero-order valence-corrected chi connectivity index (χ0v) is 18.8. The van der Waals surface area contributed by atoms with Crippen LogP contribution in [0, 0.1) is 6.92 Å². The molecule has 0 N–H and O–H groups in total. The fourth-order valence-electron chi connectivity index (χ4n) is 3.30. The fourth-order valence-corrected chi connectivity index (χ4v) is 3.77. The second kappa shape index (κ2) is 9.07. The Bertz CT molecular complexity index is 1250. The first-order valence-electron chi connectivity index (χ1n) is 9.70. The van der Waals surface area contributed by atoms with E-state index in [1.807, 2.05) is 6.92 Å².